The molecule has 0 radical (unpaired) electrons. The van der Waals surface area contributed by atoms with Gasteiger partial charge in [-0.3, -0.25) is 14.3 Å². The van der Waals surface area contributed by atoms with Gasteiger partial charge in [-0.05, 0) is 12.8 Å². The summed E-state index contributed by atoms with van der Waals surface area (Å²) in [7, 11) is 1.64. The van der Waals surface area contributed by atoms with Crippen molar-refractivity contribution in [2.24, 2.45) is 7.05 Å². The zero-order valence-electron chi connectivity index (χ0n) is 13.7. The molecule has 0 saturated heterocycles. The summed E-state index contributed by atoms with van der Waals surface area (Å²) in [6.07, 6.45) is 4.25. The third kappa shape index (κ3) is 3.29. The van der Waals surface area contributed by atoms with E-state index in [1.807, 2.05) is 4.57 Å². The minimum atomic E-state index is -0.421. The van der Waals surface area contributed by atoms with Gasteiger partial charge in [0, 0.05) is 18.8 Å². The summed E-state index contributed by atoms with van der Waals surface area (Å²) in [4.78, 5) is 30.9. The maximum absolute atomic E-state index is 12.2. The molecule has 22 heavy (non-hydrogen) atoms. The summed E-state index contributed by atoms with van der Waals surface area (Å²) in [5.41, 5.74) is 0.203. The number of aromatic nitrogens is 4. The van der Waals surface area contributed by atoms with Crippen LogP contribution >= 0.6 is 11.8 Å². The lowest BCUT2D eigenvalue weighted by Gasteiger charge is -2.11. The largest absolute Gasteiger partial charge is 0.329 e. The summed E-state index contributed by atoms with van der Waals surface area (Å²) in [5.74, 6) is 0. The lowest BCUT2D eigenvalue weighted by atomic mass is 10.2. The fourth-order valence-corrected chi connectivity index (χ4v) is 3.27. The van der Waals surface area contributed by atoms with E-state index in [0.29, 0.717) is 16.4 Å². The van der Waals surface area contributed by atoms with Gasteiger partial charge in [-0.15, -0.1) is 0 Å². The molecule has 0 aliphatic heterocycles. The van der Waals surface area contributed by atoms with Crippen LogP contribution in [0.15, 0.2) is 14.7 Å². The number of thioether (sulfide) groups is 1. The second-order valence-corrected chi connectivity index (χ2v) is 6.99. The molecule has 0 aliphatic rings. The smallest absolute Gasteiger partial charge is 0.313 e. The highest BCUT2D eigenvalue weighted by molar-refractivity contribution is 7.99. The Bertz CT molecular complexity index is 759. The summed E-state index contributed by atoms with van der Waals surface area (Å²) in [6.45, 7) is 7.18. The number of H-pyrrole nitrogens is 1. The second kappa shape index (κ2) is 7.17. The number of rotatable bonds is 7. The molecule has 0 aromatic carbocycles. The molecule has 2 heterocycles. The number of imidazole rings is 1. The first kappa shape index (κ1) is 16.9. The van der Waals surface area contributed by atoms with Gasteiger partial charge in [-0.2, -0.15) is 0 Å². The number of nitrogens with one attached hydrogen (secondary N) is 1. The molecular weight excluding hydrogens is 300 g/mol. The molecule has 6 nitrogen and oxygen atoms in total. The molecule has 2 aromatic rings. The van der Waals surface area contributed by atoms with Crippen molar-refractivity contribution in [3.63, 3.8) is 0 Å². The van der Waals surface area contributed by atoms with Crippen LogP contribution in [0.25, 0.3) is 11.2 Å². The van der Waals surface area contributed by atoms with Crippen LogP contribution in [0.2, 0.25) is 0 Å². The average Bonchev–Trinajstić information content (AvgIpc) is 2.84. The molecule has 1 N–H and O–H groups in total. The molecule has 2 rings (SSSR count). The van der Waals surface area contributed by atoms with E-state index in [1.165, 1.54) is 4.57 Å². The van der Waals surface area contributed by atoms with E-state index in [4.69, 9.17) is 0 Å². The number of unbranched alkanes of at least 4 members (excludes halogenated alkanes) is 2. The van der Waals surface area contributed by atoms with Gasteiger partial charge in [0.05, 0.1) is 0 Å². The van der Waals surface area contributed by atoms with E-state index in [1.54, 1.807) is 18.8 Å². The van der Waals surface area contributed by atoms with E-state index < -0.39 is 5.69 Å². The van der Waals surface area contributed by atoms with Gasteiger partial charge in [0.2, 0.25) is 0 Å². The van der Waals surface area contributed by atoms with E-state index in [-0.39, 0.29) is 5.56 Å². The lowest BCUT2D eigenvalue weighted by Crippen LogP contribution is -2.29. The Morgan fingerprint density at radius 1 is 1.27 bits per heavy atom. The summed E-state index contributed by atoms with van der Waals surface area (Å²) < 4.78 is 3.38. The highest BCUT2D eigenvalue weighted by Gasteiger charge is 2.18. The van der Waals surface area contributed by atoms with E-state index >= 15 is 0 Å². The van der Waals surface area contributed by atoms with Crippen molar-refractivity contribution in [3.05, 3.63) is 20.8 Å². The van der Waals surface area contributed by atoms with Crippen LogP contribution in [0.1, 0.15) is 46.5 Å². The first-order chi connectivity index (χ1) is 10.5. The van der Waals surface area contributed by atoms with Gasteiger partial charge in [-0.1, -0.05) is 45.4 Å². The molecule has 0 fully saturated rings. The number of aromatic amines is 1. The fourth-order valence-electron chi connectivity index (χ4n) is 2.30. The molecule has 7 heteroatoms. The summed E-state index contributed by atoms with van der Waals surface area (Å²) in [6, 6.07) is 0. The molecule has 0 saturated carbocycles. The van der Waals surface area contributed by atoms with Crippen LogP contribution in [0, 0.1) is 0 Å². The first-order valence-electron chi connectivity index (χ1n) is 7.85. The van der Waals surface area contributed by atoms with Crippen molar-refractivity contribution in [2.45, 2.75) is 63.4 Å². The van der Waals surface area contributed by atoms with Crippen LogP contribution in [-0.4, -0.2) is 24.4 Å². The quantitative estimate of drug-likeness (QED) is 0.627. The third-order valence-corrected chi connectivity index (χ3v) is 5.10. The van der Waals surface area contributed by atoms with Gasteiger partial charge in [0.15, 0.2) is 16.3 Å². The molecular formula is C15H24N4O2S. The van der Waals surface area contributed by atoms with Gasteiger partial charge < -0.3 is 4.57 Å². The summed E-state index contributed by atoms with van der Waals surface area (Å²) in [5, 5.41) is 1.24. The maximum atomic E-state index is 12.2. The predicted molar refractivity (Wildman–Crippen MR) is 90.7 cm³/mol. The Morgan fingerprint density at radius 3 is 2.64 bits per heavy atom. The van der Waals surface area contributed by atoms with Crippen LogP contribution in [-0.2, 0) is 13.6 Å². The zero-order chi connectivity index (χ0) is 16.3. The van der Waals surface area contributed by atoms with Crippen LogP contribution in [0.3, 0.4) is 0 Å². The van der Waals surface area contributed by atoms with Gasteiger partial charge in [-0.25, -0.2) is 9.78 Å². The molecule has 0 bridgehead atoms. The van der Waals surface area contributed by atoms with Gasteiger partial charge >= 0.3 is 5.69 Å². The minimum Gasteiger partial charge on any atom is -0.313 e. The van der Waals surface area contributed by atoms with Crippen molar-refractivity contribution in [2.75, 3.05) is 0 Å². The number of hydrogen-bond acceptors (Lipinski definition) is 4. The molecule has 122 valence electrons. The fraction of sp³-hybridized carbons (Fsp3) is 0.667. The van der Waals surface area contributed by atoms with Crippen LogP contribution in [0.5, 0.6) is 0 Å². The third-order valence-electron chi connectivity index (χ3n) is 3.84. The summed E-state index contributed by atoms with van der Waals surface area (Å²) >= 11 is 1.66. The average molecular weight is 324 g/mol. The van der Waals surface area contributed by atoms with Crippen molar-refractivity contribution in [3.8, 4) is 0 Å². The molecule has 1 unspecified atom stereocenters. The number of aryl methyl sites for hydroxylation is 2. The standard InChI is InChI=1S/C15H24N4O2S/c1-5-7-8-9-19-11-12(16-15(19)22-10(3)6-2)18(4)14(21)17-13(11)20/h10H,5-9H2,1-4H3,(H,17,20,21). The molecule has 0 aliphatic carbocycles. The topological polar surface area (TPSA) is 72.7 Å². The Kier molecular flexibility index (Phi) is 5.50. The van der Waals surface area contributed by atoms with Crippen molar-refractivity contribution >= 4 is 22.9 Å². The molecule has 0 spiro atoms. The highest BCUT2D eigenvalue weighted by atomic mass is 32.2. The number of fused-ring (bicyclic) bond motifs is 1. The Labute approximate surface area is 133 Å². The van der Waals surface area contributed by atoms with Crippen molar-refractivity contribution < 1.29 is 0 Å². The molecule has 1 atom stereocenters. The van der Waals surface area contributed by atoms with Gasteiger partial charge in [0.25, 0.3) is 5.56 Å². The van der Waals surface area contributed by atoms with Crippen molar-refractivity contribution in [1.82, 2.24) is 19.1 Å². The van der Waals surface area contributed by atoms with Crippen LogP contribution < -0.4 is 11.2 Å². The van der Waals surface area contributed by atoms with E-state index in [2.05, 4.69) is 30.7 Å². The van der Waals surface area contributed by atoms with Crippen molar-refractivity contribution in [1.29, 1.82) is 0 Å². The number of hydrogen-bond donors (Lipinski definition) is 1. The Morgan fingerprint density at radius 2 is 2.00 bits per heavy atom. The second-order valence-electron chi connectivity index (χ2n) is 5.58. The highest BCUT2D eigenvalue weighted by Crippen LogP contribution is 2.27. The molecule has 0 amide bonds. The maximum Gasteiger partial charge on any atom is 0.329 e. The SMILES string of the molecule is CCCCCn1c(SC(C)CC)nc2c1c(=O)[nH]c(=O)n2C. The minimum absolute atomic E-state index is 0.349. The predicted octanol–water partition coefficient (Wildman–Crippen LogP) is 2.50. The molecule has 2 aromatic heterocycles. The first-order valence-corrected chi connectivity index (χ1v) is 8.73. The van der Waals surface area contributed by atoms with E-state index in [9.17, 15) is 9.59 Å². The lowest BCUT2D eigenvalue weighted by molar-refractivity contribution is 0.577. The normalized spacial score (nSPS) is 12.9. The Hall–Kier alpha value is -1.50. The Balaban J connectivity index is 2.58. The number of nitrogens with zero attached hydrogens (tertiary/aromatic N) is 3. The van der Waals surface area contributed by atoms with E-state index in [0.717, 1.165) is 37.4 Å². The zero-order valence-corrected chi connectivity index (χ0v) is 14.5. The van der Waals surface area contributed by atoms with Gasteiger partial charge in [0.1, 0.15) is 0 Å². The monoisotopic (exact) mass is 324 g/mol. The van der Waals surface area contributed by atoms with Crippen LogP contribution in [0.4, 0.5) is 0 Å².